The summed E-state index contributed by atoms with van der Waals surface area (Å²) in [5, 5.41) is 8.26. The molecule has 1 N–H and O–H groups in total. The van der Waals surface area contributed by atoms with E-state index in [4.69, 9.17) is 0 Å². The molecule has 0 atom stereocenters. The number of rotatable bonds is 6. The molecule has 0 radical (unpaired) electrons. The van der Waals surface area contributed by atoms with Crippen LogP contribution in [0.5, 0.6) is 0 Å². The van der Waals surface area contributed by atoms with E-state index in [1.165, 1.54) is 5.56 Å². The van der Waals surface area contributed by atoms with Crippen molar-refractivity contribution in [3.8, 4) is 0 Å². The number of pyridine rings is 1. The van der Waals surface area contributed by atoms with Crippen LogP contribution in [-0.2, 0) is 12.8 Å². The van der Waals surface area contributed by atoms with Crippen LogP contribution in [0.3, 0.4) is 0 Å². The lowest BCUT2D eigenvalue weighted by Gasteiger charge is -2.06. The van der Waals surface area contributed by atoms with Gasteiger partial charge in [-0.3, -0.25) is 0 Å². The third-order valence-corrected chi connectivity index (χ3v) is 3.52. The first-order valence-electron chi connectivity index (χ1n) is 5.95. The van der Waals surface area contributed by atoms with Crippen LogP contribution in [-0.4, -0.2) is 26.3 Å². The molecule has 0 unspecified atom stereocenters. The van der Waals surface area contributed by atoms with Crippen LogP contribution >= 0.6 is 11.8 Å². The molecule has 0 bridgehead atoms. The highest BCUT2D eigenvalue weighted by molar-refractivity contribution is 7.98. The van der Waals surface area contributed by atoms with Gasteiger partial charge in [0.05, 0.1) is 0 Å². The minimum atomic E-state index is 0.871. The number of aryl methyl sites for hydroxylation is 1. The lowest BCUT2D eigenvalue weighted by Crippen LogP contribution is -2.02. The van der Waals surface area contributed by atoms with Crippen molar-refractivity contribution in [3.05, 3.63) is 30.2 Å². The number of anilines is 1. The highest BCUT2D eigenvalue weighted by atomic mass is 32.2. The van der Waals surface area contributed by atoms with Gasteiger partial charge < -0.3 is 5.32 Å². The molecular formula is C12H17N5S. The predicted octanol–water partition coefficient (Wildman–Crippen LogP) is 2.32. The van der Waals surface area contributed by atoms with Crippen LogP contribution in [0.1, 0.15) is 18.9 Å². The largest absolute Gasteiger partial charge is 0.370 e. The molecule has 5 nitrogen and oxygen atoms in total. The molecule has 0 saturated heterocycles. The SMILES string of the molecule is CCCNc1cc(CSc2ncnn2C)ccn1. The van der Waals surface area contributed by atoms with E-state index >= 15 is 0 Å². The smallest absolute Gasteiger partial charge is 0.186 e. The number of hydrogen-bond donors (Lipinski definition) is 1. The second-order valence-electron chi connectivity index (χ2n) is 3.93. The van der Waals surface area contributed by atoms with Gasteiger partial charge in [0, 0.05) is 25.5 Å². The Morgan fingerprint density at radius 3 is 3.00 bits per heavy atom. The summed E-state index contributed by atoms with van der Waals surface area (Å²) in [4.78, 5) is 8.47. The number of nitrogens with one attached hydrogen (secondary N) is 1. The number of hydrogen-bond acceptors (Lipinski definition) is 5. The van der Waals surface area contributed by atoms with Gasteiger partial charge in [0.25, 0.3) is 0 Å². The molecule has 0 amide bonds. The molecule has 0 aliphatic rings. The van der Waals surface area contributed by atoms with Gasteiger partial charge in [-0.2, -0.15) is 5.10 Å². The van der Waals surface area contributed by atoms with E-state index in [1.54, 1.807) is 22.8 Å². The van der Waals surface area contributed by atoms with Gasteiger partial charge in [-0.15, -0.1) is 0 Å². The third kappa shape index (κ3) is 3.46. The summed E-state index contributed by atoms with van der Waals surface area (Å²) in [6.07, 6.45) is 4.51. The van der Waals surface area contributed by atoms with Crippen molar-refractivity contribution in [2.24, 2.45) is 7.05 Å². The molecule has 2 aromatic heterocycles. The molecule has 2 heterocycles. The van der Waals surface area contributed by atoms with E-state index < -0.39 is 0 Å². The molecule has 0 spiro atoms. The average Bonchev–Trinajstić information content (AvgIpc) is 2.80. The Balaban J connectivity index is 1.95. The Kier molecular flexibility index (Phi) is 4.58. The molecule has 0 aromatic carbocycles. The fraction of sp³-hybridized carbons (Fsp3) is 0.417. The van der Waals surface area contributed by atoms with E-state index in [0.29, 0.717) is 0 Å². The maximum Gasteiger partial charge on any atom is 0.186 e. The van der Waals surface area contributed by atoms with Crippen molar-refractivity contribution in [3.63, 3.8) is 0 Å². The van der Waals surface area contributed by atoms with Crippen LogP contribution in [0.15, 0.2) is 29.8 Å². The Bertz CT molecular complexity index is 497. The van der Waals surface area contributed by atoms with Gasteiger partial charge in [0.1, 0.15) is 12.1 Å². The average molecular weight is 263 g/mol. The summed E-state index contributed by atoms with van der Waals surface area (Å²) in [5.41, 5.74) is 1.23. The second-order valence-corrected chi connectivity index (χ2v) is 4.87. The highest BCUT2D eigenvalue weighted by Crippen LogP contribution is 2.20. The van der Waals surface area contributed by atoms with Crippen molar-refractivity contribution < 1.29 is 0 Å². The van der Waals surface area contributed by atoms with Crippen molar-refractivity contribution in [1.29, 1.82) is 0 Å². The molecule has 0 aliphatic carbocycles. The first-order valence-corrected chi connectivity index (χ1v) is 6.93. The fourth-order valence-electron chi connectivity index (χ4n) is 1.48. The number of thioether (sulfide) groups is 1. The first kappa shape index (κ1) is 12.9. The summed E-state index contributed by atoms with van der Waals surface area (Å²) in [7, 11) is 1.90. The highest BCUT2D eigenvalue weighted by Gasteiger charge is 2.03. The zero-order chi connectivity index (χ0) is 12.8. The number of nitrogens with zero attached hydrogens (tertiary/aromatic N) is 4. The first-order chi connectivity index (χ1) is 8.79. The molecule has 96 valence electrons. The Labute approximate surface area is 111 Å². The van der Waals surface area contributed by atoms with Gasteiger partial charge in [-0.05, 0) is 24.1 Å². The zero-order valence-corrected chi connectivity index (χ0v) is 11.4. The monoisotopic (exact) mass is 263 g/mol. The van der Waals surface area contributed by atoms with E-state index in [2.05, 4.69) is 33.4 Å². The van der Waals surface area contributed by atoms with E-state index in [9.17, 15) is 0 Å². The minimum absolute atomic E-state index is 0.871. The summed E-state index contributed by atoms with van der Waals surface area (Å²) in [6, 6.07) is 4.11. The van der Waals surface area contributed by atoms with E-state index in [0.717, 1.165) is 29.7 Å². The molecule has 18 heavy (non-hydrogen) atoms. The Morgan fingerprint density at radius 1 is 1.39 bits per heavy atom. The Hall–Kier alpha value is -1.56. The lowest BCUT2D eigenvalue weighted by atomic mass is 10.3. The molecule has 2 aromatic rings. The van der Waals surface area contributed by atoms with Crippen LogP contribution in [0.25, 0.3) is 0 Å². The van der Waals surface area contributed by atoms with Crippen molar-refractivity contribution >= 4 is 17.6 Å². The minimum Gasteiger partial charge on any atom is -0.370 e. The molecule has 0 saturated carbocycles. The summed E-state index contributed by atoms with van der Waals surface area (Å²) in [5.74, 6) is 1.81. The topological polar surface area (TPSA) is 55.6 Å². The van der Waals surface area contributed by atoms with Crippen molar-refractivity contribution in [2.45, 2.75) is 24.3 Å². The van der Waals surface area contributed by atoms with Crippen LogP contribution in [0.2, 0.25) is 0 Å². The zero-order valence-electron chi connectivity index (χ0n) is 10.6. The van der Waals surface area contributed by atoms with Crippen molar-refractivity contribution in [1.82, 2.24) is 19.7 Å². The molecule has 0 aliphatic heterocycles. The van der Waals surface area contributed by atoms with Crippen LogP contribution in [0, 0.1) is 0 Å². The molecule has 6 heteroatoms. The maximum atomic E-state index is 4.29. The summed E-state index contributed by atoms with van der Waals surface area (Å²) >= 11 is 1.67. The van der Waals surface area contributed by atoms with Gasteiger partial charge in [-0.1, -0.05) is 18.7 Å². The van der Waals surface area contributed by atoms with E-state index in [-0.39, 0.29) is 0 Å². The van der Waals surface area contributed by atoms with Gasteiger partial charge in [0.2, 0.25) is 0 Å². The normalized spacial score (nSPS) is 10.6. The quantitative estimate of drug-likeness (QED) is 0.811. The molecular weight excluding hydrogens is 246 g/mol. The van der Waals surface area contributed by atoms with E-state index in [1.807, 2.05) is 19.3 Å². The summed E-state index contributed by atoms with van der Waals surface area (Å²) < 4.78 is 1.78. The predicted molar refractivity (Wildman–Crippen MR) is 73.6 cm³/mol. The van der Waals surface area contributed by atoms with Gasteiger partial charge in [0.15, 0.2) is 5.16 Å². The third-order valence-electron chi connectivity index (χ3n) is 2.42. The molecule has 0 fully saturated rings. The molecule has 2 rings (SSSR count). The lowest BCUT2D eigenvalue weighted by molar-refractivity contribution is 0.685. The standard InChI is InChI=1S/C12H17N5S/c1-3-5-13-11-7-10(4-6-14-11)8-18-12-15-9-16-17(12)2/h4,6-7,9H,3,5,8H2,1-2H3,(H,13,14). The van der Waals surface area contributed by atoms with Gasteiger partial charge >= 0.3 is 0 Å². The summed E-state index contributed by atoms with van der Waals surface area (Å²) in [6.45, 7) is 3.09. The second kappa shape index (κ2) is 6.39. The van der Waals surface area contributed by atoms with Crippen molar-refractivity contribution in [2.75, 3.05) is 11.9 Å². The maximum absolute atomic E-state index is 4.29. The Morgan fingerprint density at radius 2 is 2.28 bits per heavy atom. The fourth-order valence-corrected chi connectivity index (χ4v) is 2.31. The van der Waals surface area contributed by atoms with Crippen LogP contribution < -0.4 is 5.32 Å². The number of aromatic nitrogens is 4. The van der Waals surface area contributed by atoms with Crippen LogP contribution in [0.4, 0.5) is 5.82 Å². The van der Waals surface area contributed by atoms with Gasteiger partial charge in [-0.25, -0.2) is 14.6 Å².